The van der Waals surface area contributed by atoms with Gasteiger partial charge in [0.2, 0.25) is 0 Å². The minimum atomic E-state index is 1.18. The molecule has 0 N–H and O–H groups in total. The first kappa shape index (κ1) is 14.1. The second kappa shape index (κ2) is 8.16. The minimum Gasteiger partial charge on any atom is -0.372 e. The number of aryl methyl sites for hydroxylation is 1. The Morgan fingerprint density at radius 3 is 2.12 bits per heavy atom. The molecule has 0 heterocycles. The summed E-state index contributed by atoms with van der Waals surface area (Å²) in [6.07, 6.45) is 6.60. The van der Waals surface area contributed by atoms with Crippen molar-refractivity contribution in [3.63, 3.8) is 0 Å². The van der Waals surface area contributed by atoms with Crippen LogP contribution in [0.1, 0.15) is 51.5 Å². The van der Waals surface area contributed by atoms with Crippen molar-refractivity contribution in [2.75, 3.05) is 18.0 Å². The molecule has 1 aromatic carbocycles. The average Bonchev–Trinajstić information content (AvgIpc) is 2.34. The quantitative estimate of drug-likeness (QED) is 0.583. The third-order valence-electron chi connectivity index (χ3n) is 3.17. The molecular weight excluding hydrogens is 206 g/mol. The highest BCUT2D eigenvalue weighted by Crippen LogP contribution is 2.16. The van der Waals surface area contributed by atoms with Gasteiger partial charge in [0.05, 0.1) is 0 Å². The molecule has 0 bridgehead atoms. The zero-order valence-electron chi connectivity index (χ0n) is 11.7. The lowest BCUT2D eigenvalue weighted by atomic mass is 10.1. The maximum absolute atomic E-state index is 2.52. The van der Waals surface area contributed by atoms with Gasteiger partial charge in [-0.2, -0.15) is 0 Å². The first-order valence-corrected chi connectivity index (χ1v) is 7.09. The van der Waals surface area contributed by atoms with E-state index < -0.39 is 0 Å². The Morgan fingerprint density at radius 1 is 0.824 bits per heavy atom. The minimum absolute atomic E-state index is 1.18. The zero-order chi connectivity index (χ0) is 12.5. The third-order valence-corrected chi connectivity index (χ3v) is 3.17. The number of anilines is 1. The van der Waals surface area contributed by atoms with Crippen LogP contribution in [0.4, 0.5) is 5.69 Å². The van der Waals surface area contributed by atoms with Crippen molar-refractivity contribution in [3.05, 3.63) is 29.8 Å². The van der Waals surface area contributed by atoms with Crippen LogP contribution in [0.15, 0.2) is 24.3 Å². The normalized spacial score (nSPS) is 10.5. The van der Waals surface area contributed by atoms with Gasteiger partial charge in [-0.25, -0.2) is 0 Å². The molecule has 0 spiro atoms. The van der Waals surface area contributed by atoms with Gasteiger partial charge < -0.3 is 4.90 Å². The number of benzene rings is 1. The number of hydrogen-bond donors (Lipinski definition) is 0. The predicted octanol–water partition coefficient (Wildman–Crippen LogP) is 4.79. The summed E-state index contributed by atoms with van der Waals surface area (Å²) < 4.78 is 0. The Labute approximate surface area is 107 Å². The van der Waals surface area contributed by atoms with E-state index in [1.54, 1.807) is 0 Å². The molecule has 0 unspecified atom stereocenters. The second-order valence-electron chi connectivity index (χ2n) is 4.88. The van der Waals surface area contributed by atoms with E-state index in [0.717, 1.165) is 0 Å². The largest absolute Gasteiger partial charge is 0.372 e. The first-order chi connectivity index (χ1) is 8.27. The third kappa shape index (κ3) is 5.25. The highest BCUT2D eigenvalue weighted by molar-refractivity contribution is 5.47. The summed E-state index contributed by atoms with van der Waals surface area (Å²) in [4.78, 5) is 2.52. The van der Waals surface area contributed by atoms with E-state index in [4.69, 9.17) is 0 Å². The van der Waals surface area contributed by atoms with Crippen LogP contribution in [-0.2, 0) is 0 Å². The standard InChI is InChI=1S/C16H27N/c1-4-6-7-8-14-17(13-5-2)16-11-9-15(3)10-12-16/h9-12H,4-8,13-14H2,1-3H3. The lowest BCUT2D eigenvalue weighted by molar-refractivity contribution is 0.639. The van der Waals surface area contributed by atoms with Crippen molar-refractivity contribution < 1.29 is 0 Å². The Morgan fingerprint density at radius 2 is 1.53 bits per heavy atom. The van der Waals surface area contributed by atoms with Gasteiger partial charge in [-0.3, -0.25) is 0 Å². The second-order valence-corrected chi connectivity index (χ2v) is 4.88. The van der Waals surface area contributed by atoms with Crippen molar-refractivity contribution in [3.8, 4) is 0 Å². The summed E-state index contributed by atoms with van der Waals surface area (Å²) >= 11 is 0. The van der Waals surface area contributed by atoms with Crippen molar-refractivity contribution in [2.24, 2.45) is 0 Å². The van der Waals surface area contributed by atoms with Gasteiger partial charge in [-0.1, -0.05) is 50.8 Å². The van der Waals surface area contributed by atoms with Gasteiger partial charge in [0.15, 0.2) is 0 Å². The SMILES string of the molecule is CCCCCCN(CCC)c1ccc(C)cc1. The number of hydrogen-bond acceptors (Lipinski definition) is 1. The van der Waals surface area contributed by atoms with Gasteiger partial charge in [-0.05, 0) is 31.9 Å². The Bertz CT molecular complexity index is 289. The smallest absolute Gasteiger partial charge is 0.0366 e. The topological polar surface area (TPSA) is 3.24 Å². The van der Waals surface area contributed by atoms with Gasteiger partial charge >= 0.3 is 0 Å². The van der Waals surface area contributed by atoms with Crippen molar-refractivity contribution >= 4 is 5.69 Å². The fraction of sp³-hybridized carbons (Fsp3) is 0.625. The average molecular weight is 233 g/mol. The summed E-state index contributed by atoms with van der Waals surface area (Å²) in [7, 11) is 0. The molecule has 0 saturated carbocycles. The summed E-state index contributed by atoms with van der Waals surface area (Å²) in [5.41, 5.74) is 2.73. The van der Waals surface area contributed by atoms with E-state index in [-0.39, 0.29) is 0 Å². The van der Waals surface area contributed by atoms with Crippen LogP contribution in [0.3, 0.4) is 0 Å². The fourth-order valence-corrected chi connectivity index (χ4v) is 2.12. The van der Waals surface area contributed by atoms with Crippen molar-refractivity contribution in [1.82, 2.24) is 0 Å². The molecule has 1 heteroatoms. The van der Waals surface area contributed by atoms with Crippen molar-refractivity contribution in [2.45, 2.75) is 52.9 Å². The molecule has 0 aliphatic heterocycles. The molecule has 1 aromatic rings. The molecule has 0 atom stereocenters. The van der Waals surface area contributed by atoms with E-state index in [2.05, 4.69) is 49.9 Å². The van der Waals surface area contributed by atoms with Crippen LogP contribution in [0.5, 0.6) is 0 Å². The van der Waals surface area contributed by atoms with Gasteiger partial charge in [0, 0.05) is 18.8 Å². The first-order valence-electron chi connectivity index (χ1n) is 7.09. The Kier molecular flexibility index (Phi) is 6.76. The number of rotatable bonds is 8. The highest BCUT2D eigenvalue weighted by Gasteiger charge is 2.04. The van der Waals surface area contributed by atoms with Crippen LogP contribution in [0.25, 0.3) is 0 Å². The van der Waals surface area contributed by atoms with E-state index in [0.29, 0.717) is 0 Å². The molecule has 0 aromatic heterocycles. The van der Waals surface area contributed by atoms with Crippen LogP contribution in [0.2, 0.25) is 0 Å². The molecule has 0 saturated heterocycles. The van der Waals surface area contributed by atoms with E-state index >= 15 is 0 Å². The van der Waals surface area contributed by atoms with Crippen LogP contribution in [0, 0.1) is 6.92 Å². The van der Waals surface area contributed by atoms with Crippen molar-refractivity contribution in [1.29, 1.82) is 0 Å². The van der Waals surface area contributed by atoms with Gasteiger partial charge in [-0.15, -0.1) is 0 Å². The maximum atomic E-state index is 2.52. The molecule has 96 valence electrons. The fourth-order valence-electron chi connectivity index (χ4n) is 2.12. The highest BCUT2D eigenvalue weighted by atomic mass is 15.1. The van der Waals surface area contributed by atoms with Crippen LogP contribution >= 0.6 is 0 Å². The summed E-state index contributed by atoms with van der Waals surface area (Å²) in [6, 6.07) is 8.93. The summed E-state index contributed by atoms with van der Waals surface area (Å²) in [5, 5.41) is 0. The molecule has 0 radical (unpaired) electrons. The zero-order valence-corrected chi connectivity index (χ0v) is 11.7. The van der Waals surface area contributed by atoms with Gasteiger partial charge in [0.25, 0.3) is 0 Å². The predicted molar refractivity (Wildman–Crippen MR) is 77.8 cm³/mol. The molecule has 1 nitrogen and oxygen atoms in total. The van der Waals surface area contributed by atoms with Gasteiger partial charge in [0.1, 0.15) is 0 Å². The maximum Gasteiger partial charge on any atom is 0.0366 e. The molecular formula is C16H27N. The molecule has 0 fully saturated rings. The summed E-state index contributed by atoms with van der Waals surface area (Å²) in [5.74, 6) is 0. The molecule has 0 aliphatic rings. The van der Waals surface area contributed by atoms with E-state index in [1.165, 1.54) is 56.4 Å². The van der Waals surface area contributed by atoms with E-state index in [1.807, 2.05) is 0 Å². The lowest BCUT2D eigenvalue weighted by Gasteiger charge is -2.24. The molecule has 0 amide bonds. The monoisotopic (exact) mass is 233 g/mol. The lowest BCUT2D eigenvalue weighted by Crippen LogP contribution is -2.25. The van der Waals surface area contributed by atoms with Crippen LogP contribution in [-0.4, -0.2) is 13.1 Å². The molecule has 0 aliphatic carbocycles. The summed E-state index contributed by atoms with van der Waals surface area (Å²) in [6.45, 7) is 9.05. The Balaban J connectivity index is 2.49. The number of nitrogens with zero attached hydrogens (tertiary/aromatic N) is 1. The molecule has 1 rings (SSSR count). The number of unbranched alkanes of at least 4 members (excludes halogenated alkanes) is 3. The van der Waals surface area contributed by atoms with Crippen LogP contribution < -0.4 is 4.90 Å². The molecule has 17 heavy (non-hydrogen) atoms. The Hall–Kier alpha value is -0.980. The van der Waals surface area contributed by atoms with E-state index in [9.17, 15) is 0 Å².